The highest BCUT2D eigenvalue weighted by Gasteiger charge is 2.30. The van der Waals surface area contributed by atoms with Gasteiger partial charge in [0.05, 0.1) is 0 Å². The maximum absolute atomic E-state index is 5.68. The largest absolute Gasteiger partial charge is 0.330 e. The molecule has 0 radical (unpaired) electrons. The Labute approximate surface area is 121 Å². The van der Waals surface area contributed by atoms with Gasteiger partial charge in [0.2, 0.25) is 0 Å². The third-order valence-corrected chi connectivity index (χ3v) is 5.57. The summed E-state index contributed by atoms with van der Waals surface area (Å²) in [4.78, 5) is 2.68. The van der Waals surface area contributed by atoms with Gasteiger partial charge in [0.25, 0.3) is 0 Å². The van der Waals surface area contributed by atoms with Crippen LogP contribution in [0.3, 0.4) is 0 Å². The van der Waals surface area contributed by atoms with Crippen LogP contribution < -0.4 is 5.73 Å². The number of likely N-dealkylation sites (tertiary alicyclic amines) is 1. The summed E-state index contributed by atoms with van der Waals surface area (Å²) in [6.07, 6.45) is 9.34. The Kier molecular flexibility index (Phi) is 6.82. The molecule has 0 aromatic carbocycles. The smallest absolute Gasteiger partial charge is 0.00134 e. The van der Waals surface area contributed by atoms with Gasteiger partial charge in [-0.3, -0.25) is 0 Å². The summed E-state index contributed by atoms with van der Waals surface area (Å²) in [5.41, 5.74) is 6.77. The molecular formula is C17H36N2. The summed E-state index contributed by atoms with van der Waals surface area (Å²) in [7, 11) is 0. The number of nitrogens with zero attached hydrogens (tertiary/aromatic N) is 1. The van der Waals surface area contributed by atoms with E-state index in [1.165, 1.54) is 58.2 Å². The van der Waals surface area contributed by atoms with Crippen LogP contribution in [0.1, 0.15) is 72.6 Å². The lowest BCUT2D eigenvalue weighted by Gasteiger charge is -2.41. The minimum absolute atomic E-state index is 0.432. The topological polar surface area (TPSA) is 29.3 Å². The number of hydrogen-bond acceptors (Lipinski definition) is 2. The van der Waals surface area contributed by atoms with Crippen LogP contribution in [0.2, 0.25) is 0 Å². The van der Waals surface area contributed by atoms with Crippen molar-refractivity contribution in [2.45, 2.75) is 72.6 Å². The van der Waals surface area contributed by atoms with E-state index in [9.17, 15) is 0 Å². The van der Waals surface area contributed by atoms with Gasteiger partial charge < -0.3 is 10.6 Å². The third-order valence-electron chi connectivity index (χ3n) is 5.57. The van der Waals surface area contributed by atoms with Crippen molar-refractivity contribution in [3.63, 3.8) is 0 Å². The van der Waals surface area contributed by atoms with Crippen LogP contribution in [0, 0.1) is 10.8 Å². The van der Waals surface area contributed by atoms with Gasteiger partial charge in [-0.05, 0) is 69.1 Å². The maximum Gasteiger partial charge on any atom is -0.00134 e. The van der Waals surface area contributed by atoms with Crippen LogP contribution >= 0.6 is 0 Å². The van der Waals surface area contributed by atoms with Gasteiger partial charge in [-0.25, -0.2) is 0 Å². The fourth-order valence-electron chi connectivity index (χ4n) is 3.51. The Balaban J connectivity index is 2.23. The summed E-state index contributed by atoms with van der Waals surface area (Å²) in [6.45, 7) is 14.2. The summed E-state index contributed by atoms with van der Waals surface area (Å²) in [6, 6.07) is 0. The van der Waals surface area contributed by atoms with Crippen molar-refractivity contribution < 1.29 is 0 Å². The summed E-state index contributed by atoms with van der Waals surface area (Å²) < 4.78 is 0. The second-order valence-corrected chi connectivity index (χ2v) is 7.36. The minimum atomic E-state index is 0.432. The van der Waals surface area contributed by atoms with Crippen molar-refractivity contribution in [2.24, 2.45) is 16.6 Å². The van der Waals surface area contributed by atoms with Crippen LogP contribution in [-0.4, -0.2) is 31.1 Å². The molecular weight excluding hydrogens is 232 g/mol. The van der Waals surface area contributed by atoms with E-state index in [4.69, 9.17) is 5.73 Å². The lowest BCUT2D eigenvalue weighted by molar-refractivity contribution is 0.0916. The van der Waals surface area contributed by atoms with Gasteiger partial charge in [-0.2, -0.15) is 0 Å². The average Bonchev–Trinajstić information content (AvgIpc) is 2.39. The second kappa shape index (κ2) is 7.64. The van der Waals surface area contributed by atoms with Crippen LogP contribution in [0.25, 0.3) is 0 Å². The van der Waals surface area contributed by atoms with Crippen LogP contribution in [-0.2, 0) is 0 Å². The SMILES string of the molecule is CCC1(CC)CCN(CCCC(C)(C)CCN)CC1. The molecule has 1 heterocycles. The first-order valence-corrected chi connectivity index (χ1v) is 8.39. The Morgan fingerprint density at radius 2 is 1.63 bits per heavy atom. The Bertz CT molecular complexity index is 234. The predicted molar refractivity (Wildman–Crippen MR) is 85.4 cm³/mol. The molecule has 0 spiro atoms. The van der Waals surface area contributed by atoms with E-state index in [1.54, 1.807) is 0 Å². The molecule has 1 fully saturated rings. The molecule has 0 unspecified atom stereocenters. The maximum atomic E-state index is 5.68. The van der Waals surface area contributed by atoms with Gasteiger partial charge in [0.15, 0.2) is 0 Å². The van der Waals surface area contributed by atoms with E-state index in [0.29, 0.717) is 10.8 Å². The molecule has 0 bridgehead atoms. The first kappa shape index (κ1) is 17.0. The Morgan fingerprint density at radius 1 is 1.05 bits per heavy atom. The lowest BCUT2D eigenvalue weighted by atomic mass is 9.74. The van der Waals surface area contributed by atoms with E-state index < -0.39 is 0 Å². The molecule has 1 saturated heterocycles. The second-order valence-electron chi connectivity index (χ2n) is 7.36. The summed E-state index contributed by atoms with van der Waals surface area (Å²) in [5.74, 6) is 0. The molecule has 0 aromatic rings. The first-order valence-electron chi connectivity index (χ1n) is 8.39. The summed E-state index contributed by atoms with van der Waals surface area (Å²) >= 11 is 0. The molecule has 114 valence electrons. The Hall–Kier alpha value is -0.0800. The van der Waals surface area contributed by atoms with Gasteiger partial charge >= 0.3 is 0 Å². The quantitative estimate of drug-likeness (QED) is 0.720. The average molecular weight is 268 g/mol. The molecule has 1 aliphatic rings. The van der Waals surface area contributed by atoms with E-state index in [2.05, 4.69) is 32.6 Å². The first-order chi connectivity index (χ1) is 8.97. The van der Waals surface area contributed by atoms with Gasteiger partial charge in [0, 0.05) is 0 Å². The molecule has 0 aliphatic carbocycles. The molecule has 0 amide bonds. The van der Waals surface area contributed by atoms with Crippen molar-refractivity contribution >= 4 is 0 Å². The number of rotatable bonds is 8. The zero-order chi connectivity index (χ0) is 14.4. The highest BCUT2D eigenvalue weighted by atomic mass is 15.1. The fourth-order valence-corrected chi connectivity index (χ4v) is 3.51. The Morgan fingerprint density at radius 3 is 2.11 bits per heavy atom. The summed E-state index contributed by atoms with van der Waals surface area (Å²) in [5, 5.41) is 0. The predicted octanol–water partition coefficient (Wildman–Crippen LogP) is 4.04. The zero-order valence-electron chi connectivity index (χ0n) is 13.8. The van der Waals surface area contributed by atoms with Gasteiger partial charge in [0.1, 0.15) is 0 Å². The van der Waals surface area contributed by atoms with E-state index in [0.717, 1.165) is 13.0 Å². The molecule has 2 N–H and O–H groups in total. The van der Waals surface area contributed by atoms with E-state index >= 15 is 0 Å². The zero-order valence-corrected chi connectivity index (χ0v) is 13.8. The van der Waals surface area contributed by atoms with E-state index in [1.807, 2.05) is 0 Å². The monoisotopic (exact) mass is 268 g/mol. The van der Waals surface area contributed by atoms with E-state index in [-0.39, 0.29) is 0 Å². The van der Waals surface area contributed by atoms with Crippen LogP contribution in [0.4, 0.5) is 0 Å². The standard InChI is InChI=1S/C17H36N2/c1-5-17(6-2)10-14-19(15-11-17)13-7-8-16(3,4)9-12-18/h5-15,18H2,1-4H3. The van der Waals surface area contributed by atoms with Crippen molar-refractivity contribution in [1.82, 2.24) is 4.90 Å². The van der Waals surface area contributed by atoms with Crippen molar-refractivity contribution in [3.05, 3.63) is 0 Å². The number of nitrogens with two attached hydrogens (primary N) is 1. The minimum Gasteiger partial charge on any atom is -0.330 e. The fraction of sp³-hybridized carbons (Fsp3) is 1.00. The van der Waals surface area contributed by atoms with Crippen molar-refractivity contribution in [2.75, 3.05) is 26.2 Å². The molecule has 2 nitrogen and oxygen atoms in total. The highest BCUT2D eigenvalue weighted by molar-refractivity contribution is 4.84. The molecule has 2 heteroatoms. The van der Waals surface area contributed by atoms with Crippen molar-refractivity contribution in [1.29, 1.82) is 0 Å². The lowest BCUT2D eigenvalue weighted by Crippen LogP contribution is -2.40. The van der Waals surface area contributed by atoms with Gasteiger partial charge in [-0.1, -0.05) is 40.5 Å². The number of piperidine rings is 1. The molecule has 1 rings (SSSR count). The molecule has 0 atom stereocenters. The highest BCUT2D eigenvalue weighted by Crippen LogP contribution is 2.38. The molecule has 19 heavy (non-hydrogen) atoms. The van der Waals surface area contributed by atoms with Gasteiger partial charge in [-0.15, -0.1) is 0 Å². The molecule has 1 aliphatic heterocycles. The normalized spacial score (nSPS) is 20.7. The molecule has 0 aromatic heterocycles. The third kappa shape index (κ3) is 5.43. The molecule has 0 saturated carbocycles. The van der Waals surface area contributed by atoms with Crippen molar-refractivity contribution in [3.8, 4) is 0 Å². The number of hydrogen-bond donors (Lipinski definition) is 1. The van der Waals surface area contributed by atoms with Crippen LogP contribution in [0.15, 0.2) is 0 Å². The van der Waals surface area contributed by atoms with Crippen LogP contribution in [0.5, 0.6) is 0 Å².